The fraction of sp³-hybridized carbons (Fsp3) is 0.333. The van der Waals surface area contributed by atoms with Gasteiger partial charge in [0.2, 0.25) is 5.91 Å². The molecule has 1 saturated heterocycles. The van der Waals surface area contributed by atoms with E-state index in [9.17, 15) is 9.18 Å². The van der Waals surface area contributed by atoms with E-state index in [0.29, 0.717) is 24.1 Å². The minimum atomic E-state index is -0.277. The summed E-state index contributed by atoms with van der Waals surface area (Å²) < 4.78 is 19.9. The molecular formula is C21H21ClFN3O2S2. The summed E-state index contributed by atoms with van der Waals surface area (Å²) in [5.74, 6) is -0.383. The number of carbonyl (C=O) groups is 1. The molecule has 2 aromatic heterocycles. The first-order chi connectivity index (χ1) is 14.6. The molecule has 158 valence electrons. The van der Waals surface area contributed by atoms with Gasteiger partial charge in [-0.1, -0.05) is 23.7 Å². The summed E-state index contributed by atoms with van der Waals surface area (Å²) in [5.41, 5.74) is 1.58. The van der Waals surface area contributed by atoms with Gasteiger partial charge in [-0.25, -0.2) is 9.37 Å². The highest BCUT2D eigenvalue weighted by molar-refractivity contribution is 7.23. The van der Waals surface area contributed by atoms with Crippen LogP contribution in [0.4, 0.5) is 4.39 Å². The molecule has 0 saturated carbocycles. The van der Waals surface area contributed by atoms with Gasteiger partial charge in [0.05, 0.1) is 40.6 Å². The summed E-state index contributed by atoms with van der Waals surface area (Å²) in [7, 11) is 0. The van der Waals surface area contributed by atoms with Gasteiger partial charge in [0, 0.05) is 25.0 Å². The number of nitrogens with one attached hydrogen (secondary N) is 1. The molecule has 3 heterocycles. The van der Waals surface area contributed by atoms with Gasteiger partial charge in [-0.2, -0.15) is 0 Å². The maximum absolute atomic E-state index is 13.8. The Bertz CT molecular complexity index is 1000. The third-order valence-electron chi connectivity index (χ3n) is 4.89. The van der Waals surface area contributed by atoms with E-state index in [4.69, 9.17) is 16.3 Å². The van der Waals surface area contributed by atoms with Crippen molar-refractivity contribution in [3.8, 4) is 9.88 Å². The number of carbonyl (C=O) groups excluding carboxylic acids is 1. The Balaban J connectivity index is 1.39. The van der Waals surface area contributed by atoms with Crippen LogP contribution in [0.1, 0.15) is 17.3 Å². The summed E-state index contributed by atoms with van der Waals surface area (Å²) in [4.78, 5) is 20.3. The van der Waals surface area contributed by atoms with Gasteiger partial charge in [-0.3, -0.25) is 9.69 Å². The number of amides is 1. The molecule has 30 heavy (non-hydrogen) atoms. The van der Waals surface area contributed by atoms with Crippen molar-refractivity contribution in [3.63, 3.8) is 0 Å². The average Bonchev–Trinajstić information content (AvgIpc) is 3.38. The van der Waals surface area contributed by atoms with Crippen LogP contribution >= 0.6 is 34.3 Å². The van der Waals surface area contributed by atoms with Gasteiger partial charge in [0.1, 0.15) is 10.8 Å². The summed E-state index contributed by atoms with van der Waals surface area (Å²) in [6, 6.07) is 10.2. The van der Waals surface area contributed by atoms with Crippen molar-refractivity contribution in [2.75, 3.05) is 32.8 Å². The van der Waals surface area contributed by atoms with Gasteiger partial charge in [0.25, 0.3) is 0 Å². The highest BCUT2D eigenvalue weighted by Crippen LogP contribution is 2.33. The number of aromatic nitrogens is 1. The Hall–Kier alpha value is -1.84. The Morgan fingerprint density at radius 2 is 2.13 bits per heavy atom. The molecule has 0 bridgehead atoms. The number of benzene rings is 1. The van der Waals surface area contributed by atoms with Crippen LogP contribution in [0.3, 0.4) is 0 Å². The maximum Gasteiger partial charge on any atom is 0.226 e. The van der Waals surface area contributed by atoms with Crippen molar-refractivity contribution in [2.45, 2.75) is 12.5 Å². The quantitative estimate of drug-likeness (QED) is 0.562. The van der Waals surface area contributed by atoms with Crippen LogP contribution in [0.15, 0.2) is 41.8 Å². The first-order valence-corrected chi connectivity index (χ1v) is 11.7. The number of thiophene rings is 1. The lowest BCUT2D eigenvalue weighted by atomic mass is 10.0. The van der Waals surface area contributed by atoms with E-state index >= 15 is 0 Å². The molecule has 9 heteroatoms. The molecule has 1 unspecified atom stereocenters. The van der Waals surface area contributed by atoms with E-state index in [0.717, 1.165) is 34.2 Å². The molecule has 1 aliphatic heterocycles. The maximum atomic E-state index is 13.8. The van der Waals surface area contributed by atoms with Gasteiger partial charge < -0.3 is 10.1 Å². The summed E-state index contributed by atoms with van der Waals surface area (Å²) in [6.07, 6.45) is 0.203. The van der Waals surface area contributed by atoms with E-state index in [1.54, 1.807) is 6.07 Å². The number of morpholine rings is 1. The van der Waals surface area contributed by atoms with Crippen molar-refractivity contribution in [1.82, 2.24) is 15.2 Å². The molecule has 4 rings (SSSR count). The third kappa shape index (κ3) is 5.44. The van der Waals surface area contributed by atoms with Crippen molar-refractivity contribution >= 4 is 40.2 Å². The number of hydrogen-bond donors (Lipinski definition) is 1. The predicted octanol–water partition coefficient (Wildman–Crippen LogP) is 4.40. The topological polar surface area (TPSA) is 54.5 Å². The zero-order valence-electron chi connectivity index (χ0n) is 16.1. The lowest BCUT2D eigenvalue weighted by molar-refractivity contribution is -0.120. The third-order valence-corrected chi connectivity index (χ3v) is 7.18. The lowest BCUT2D eigenvalue weighted by Gasteiger charge is -2.35. The van der Waals surface area contributed by atoms with Crippen LogP contribution in [-0.2, 0) is 16.0 Å². The Kier molecular flexibility index (Phi) is 7.12. The molecule has 1 amide bonds. The number of thiazole rings is 1. The molecule has 0 spiro atoms. The first kappa shape index (κ1) is 21.4. The van der Waals surface area contributed by atoms with Crippen molar-refractivity contribution in [1.29, 1.82) is 0 Å². The van der Waals surface area contributed by atoms with Crippen molar-refractivity contribution < 1.29 is 13.9 Å². The number of hydrogen-bond acceptors (Lipinski definition) is 6. The lowest BCUT2D eigenvalue weighted by Crippen LogP contribution is -2.44. The Labute approximate surface area is 187 Å². The molecule has 1 fully saturated rings. The highest BCUT2D eigenvalue weighted by atomic mass is 35.5. The van der Waals surface area contributed by atoms with E-state index in [-0.39, 0.29) is 24.2 Å². The van der Waals surface area contributed by atoms with Crippen LogP contribution in [0.25, 0.3) is 9.88 Å². The molecule has 1 aliphatic rings. The molecule has 1 atom stereocenters. The van der Waals surface area contributed by atoms with Gasteiger partial charge in [0.15, 0.2) is 0 Å². The minimum Gasteiger partial charge on any atom is -0.379 e. The second-order valence-corrected chi connectivity index (χ2v) is 9.52. The summed E-state index contributed by atoms with van der Waals surface area (Å²) in [5, 5.41) is 5.76. The monoisotopic (exact) mass is 465 g/mol. The van der Waals surface area contributed by atoms with Crippen molar-refractivity contribution in [3.05, 3.63) is 63.2 Å². The van der Waals surface area contributed by atoms with Gasteiger partial charge in [-0.15, -0.1) is 22.7 Å². The standard InChI is InChI=1S/C21H21ClFN3O2S2/c22-19-5-4-18(30-19)21-25-16(13-29-21)11-20(27)24-12-17(26-6-8-28-9-7-26)14-2-1-3-15(23)10-14/h1-5,10,13,17H,6-9,11-12H2,(H,24,27). The van der Waals surface area contributed by atoms with Crippen LogP contribution in [0, 0.1) is 5.82 Å². The fourth-order valence-corrected chi connectivity index (χ4v) is 5.36. The fourth-order valence-electron chi connectivity index (χ4n) is 3.43. The van der Waals surface area contributed by atoms with Crippen molar-refractivity contribution in [2.24, 2.45) is 0 Å². The van der Waals surface area contributed by atoms with Gasteiger partial charge in [-0.05, 0) is 29.8 Å². The van der Waals surface area contributed by atoms with Crippen LogP contribution in [0.2, 0.25) is 4.34 Å². The largest absolute Gasteiger partial charge is 0.379 e. The van der Waals surface area contributed by atoms with E-state index in [1.165, 1.54) is 34.8 Å². The zero-order chi connectivity index (χ0) is 20.9. The number of halogens is 2. The smallest absolute Gasteiger partial charge is 0.226 e. The minimum absolute atomic E-state index is 0.104. The number of nitrogens with zero attached hydrogens (tertiary/aromatic N) is 2. The van der Waals surface area contributed by atoms with E-state index in [2.05, 4.69) is 15.2 Å². The predicted molar refractivity (Wildman–Crippen MR) is 119 cm³/mol. The number of ether oxygens (including phenoxy) is 1. The molecule has 1 aromatic carbocycles. The normalized spacial score (nSPS) is 15.8. The SMILES string of the molecule is O=C(Cc1csc(-c2ccc(Cl)s2)n1)NCC(c1cccc(F)c1)N1CCOCC1. The zero-order valence-corrected chi connectivity index (χ0v) is 18.5. The summed E-state index contributed by atoms with van der Waals surface area (Å²) >= 11 is 8.96. The second-order valence-electron chi connectivity index (χ2n) is 6.95. The molecule has 0 radical (unpaired) electrons. The highest BCUT2D eigenvalue weighted by Gasteiger charge is 2.23. The number of rotatable bonds is 7. The van der Waals surface area contributed by atoms with E-state index in [1.807, 2.05) is 23.6 Å². The molecular weight excluding hydrogens is 445 g/mol. The molecule has 5 nitrogen and oxygen atoms in total. The van der Waals surface area contributed by atoms with E-state index < -0.39 is 0 Å². The van der Waals surface area contributed by atoms with Gasteiger partial charge >= 0.3 is 0 Å². The van der Waals surface area contributed by atoms with Crippen LogP contribution < -0.4 is 5.32 Å². The Morgan fingerprint density at radius 1 is 1.30 bits per heavy atom. The second kappa shape index (κ2) is 9.98. The molecule has 0 aliphatic carbocycles. The van der Waals surface area contributed by atoms with Crippen LogP contribution in [-0.4, -0.2) is 48.6 Å². The Morgan fingerprint density at radius 3 is 2.87 bits per heavy atom. The first-order valence-electron chi connectivity index (χ1n) is 9.62. The average molecular weight is 466 g/mol. The molecule has 1 N–H and O–H groups in total. The van der Waals surface area contributed by atoms with Crippen LogP contribution in [0.5, 0.6) is 0 Å². The summed E-state index contributed by atoms with van der Waals surface area (Å²) in [6.45, 7) is 3.16. The molecule has 3 aromatic rings.